The first-order valence-corrected chi connectivity index (χ1v) is 12.7. The predicted octanol–water partition coefficient (Wildman–Crippen LogP) is 4.55. The van der Waals surface area contributed by atoms with Gasteiger partial charge in [-0.1, -0.05) is 38.3 Å². The van der Waals surface area contributed by atoms with E-state index in [4.69, 9.17) is 9.90 Å². The van der Waals surface area contributed by atoms with Crippen LogP contribution in [0.5, 0.6) is 0 Å². The molecule has 0 radical (unpaired) electrons. The van der Waals surface area contributed by atoms with Crippen molar-refractivity contribution in [2.24, 2.45) is 0 Å². The van der Waals surface area contributed by atoms with Crippen LogP contribution in [-0.2, 0) is 21.2 Å². The minimum atomic E-state index is -5.08. The lowest BCUT2D eigenvalue weighted by Gasteiger charge is -2.27. The van der Waals surface area contributed by atoms with Crippen LogP contribution in [0, 0.1) is 0 Å². The number of benzene rings is 1. The van der Waals surface area contributed by atoms with Gasteiger partial charge in [-0.2, -0.15) is 13.2 Å². The maximum Gasteiger partial charge on any atom is 0.490 e. The third-order valence-electron chi connectivity index (χ3n) is 5.39. The van der Waals surface area contributed by atoms with Gasteiger partial charge in [0, 0.05) is 13.1 Å². The molecule has 2 heterocycles. The van der Waals surface area contributed by atoms with E-state index in [-0.39, 0.29) is 16.1 Å². The highest BCUT2D eigenvalue weighted by molar-refractivity contribution is 7.92. The van der Waals surface area contributed by atoms with Gasteiger partial charge in [0.05, 0.1) is 16.8 Å². The van der Waals surface area contributed by atoms with E-state index >= 15 is 0 Å². The monoisotopic (exact) mass is 531 g/mol. The van der Waals surface area contributed by atoms with Crippen LogP contribution in [-0.4, -0.2) is 54.8 Å². The molecule has 13 heteroatoms. The molecule has 1 aromatic carbocycles. The number of carbonyl (C=O) groups is 2. The average molecular weight is 532 g/mol. The highest BCUT2D eigenvalue weighted by Gasteiger charge is 2.38. The Labute approximate surface area is 207 Å². The lowest BCUT2D eigenvalue weighted by atomic mass is 10.1. The van der Waals surface area contributed by atoms with Gasteiger partial charge in [0.1, 0.15) is 11.4 Å². The fourth-order valence-corrected chi connectivity index (χ4v) is 4.53. The van der Waals surface area contributed by atoms with Crippen LogP contribution in [0.25, 0.3) is 0 Å². The summed E-state index contributed by atoms with van der Waals surface area (Å²) in [7, 11) is -3.83. The second-order valence-corrected chi connectivity index (χ2v) is 9.74. The van der Waals surface area contributed by atoms with Crippen molar-refractivity contribution in [3.8, 4) is 0 Å². The largest absolute Gasteiger partial charge is 0.490 e. The van der Waals surface area contributed by atoms with Crippen LogP contribution in [0.4, 0.5) is 24.7 Å². The Morgan fingerprint density at radius 3 is 2.03 bits per heavy atom. The van der Waals surface area contributed by atoms with Crippen molar-refractivity contribution in [2.45, 2.75) is 56.5 Å². The number of aliphatic carboxylic acids is 1. The SMILES string of the molecule is CCc1ccc(S(=O)(=O)Nc2cnc(N3CCCCCCC3)c(C(=O)O)c2)cc1.O=C(O)C(F)(F)F. The van der Waals surface area contributed by atoms with Crippen molar-refractivity contribution in [3.05, 3.63) is 47.7 Å². The third kappa shape index (κ3) is 8.40. The highest BCUT2D eigenvalue weighted by atomic mass is 32.2. The van der Waals surface area contributed by atoms with Crippen LogP contribution >= 0.6 is 0 Å². The Morgan fingerprint density at radius 2 is 1.56 bits per heavy atom. The molecule has 1 saturated heterocycles. The number of nitrogens with zero attached hydrogens (tertiary/aromatic N) is 2. The fourth-order valence-electron chi connectivity index (χ4n) is 3.50. The number of sulfonamides is 1. The number of aryl methyl sites for hydroxylation is 1. The molecule has 1 aliphatic heterocycles. The van der Waals surface area contributed by atoms with Gasteiger partial charge < -0.3 is 15.1 Å². The van der Waals surface area contributed by atoms with Crippen molar-refractivity contribution >= 4 is 33.5 Å². The zero-order chi connectivity index (χ0) is 26.9. The number of hydrogen-bond acceptors (Lipinski definition) is 6. The van der Waals surface area contributed by atoms with E-state index in [1.165, 1.54) is 18.7 Å². The molecule has 1 fully saturated rings. The number of hydrogen-bond donors (Lipinski definition) is 3. The highest BCUT2D eigenvalue weighted by Crippen LogP contribution is 2.25. The van der Waals surface area contributed by atoms with Crippen LogP contribution in [0.1, 0.15) is 54.9 Å². The van der Waals surface area contributed by atoms with E-state index in [9.17, 15) is 31.5 Å². The summed E-state index contributed by atoms with van der Waals surface area (Å²) in [6, 6.07) is 7.96. The molecule has 1 aromatic heterocycles. The molecule has 9 nitrogen and oxygen atoms in total. The maximum atomic E-state index is 12.7. The van der Waals surface area contributed by atoms with Gasteiger partial charge in [-0.15, -0.1) is 0 Å². The molecule has 36 heavy (non-hydrogen) atoms. The Bertz CT molecular complexity index is 1150. The van der Waals surface area contributed by atoms with Crippen molar-refractivity contribution in [1.82, 2.24) is 4.98 Å². The van der Waals surface area contributed by atoms with Crippen molar-refractivity contribution in [1.29, 1.82) is 0 Å². The number of rotatable bonds is 6. The number of nitrogens with one attached hydrogen (secondary N) is 1. The predicted molar refractivity (Wildman–Crippen MR) is 127 cm³/mol. The molecule has 3 N–H and O–H groups in total. The molecule has 198 valence electrons. The number of aromatic nitrogens is 1. The number of halogens is 3. The van der Waals surface area contributed by atoms with Gasteiger partial charge >= 0.3 is 18.1 Å². The molecule has 1 aliphatic rings. The van der Waals surface area contributed by atoms with E-state index in [1.807, 2.05) is 11.8 Å². The second kappa shape index (κ2) is 12.6. The topological polar surface area (TPSA) is 137 Å². The normalized spacial score (nSPS) is 14.6. The van der Waals surface area contributed by atoms with E-state index in [0.29, 0.717) is 5.82 Å². The molecule has 0 aliphatic carbocycles. The van der Waals surface area contributed by atoms with Crippen molar-refractivity contribution in [2.75, 3.05) is 22.7 Å². The first kappa shape index (κ1) is 28.9. The number of carboxylic acid groups (broad SMARTS) is 2. The summed E-state index contributed by atoms with van der Waals surface area (Å²) >= 11 is 0. The van der Waals surface area contributed by atoms with Gasteiger partial charge in [0.25, 0.3) is 10.0 Å². The molecule has 0 spiro atoms. The summed E-state index contributed by atoms with van der Waals surface area (Å²) in [6.07, 6.45) is 2.54. The van der Waals surface area contributed by atoms with Crippen LogP contribution in [0.3, 0.4) is 0 Å². The first-order chi connectivity index (χ1) is 16.8. The molecule has 2 aromatic rings. The summed E-state index contributed by atoms with van der Waals surface area (Å²) in [5, 5.41) is 16.8. The molecule has 0 bridgehead atoms. The standard InChI is InChI=1S/C21H27N3O4S.C2HF3O2/c1-2-16-8-10-18(11-9-16)29(27,28)23-17-14-19(21(25)26)20(22-15-17)24-12-6-4-3-5-7-13-24;3-2(4,5)1(6)7/h8-11,14-15,23H,2-7,12-13H2,1H3,(H,25,26);(H,6,7). The van der Waals surface area contributed by atoms with Gasteiger partial charge in [-0.3, -0.25) is 4.72 Å². The number of pyridine rings is 1. The van der Waals surface area contributed by atoms with Crippen LogP contribution < -0.4 is 9.62 Å². The molecule has 3 rings (SSSR count). The molecule has 0 unspecified atom stereocenters. The smallest absolute Gasteiger partial charge is 0.478 e. The lowest BCUT2D eigenvalue weighted by Crippen LogP contribution is -2.29. The Hall–Kier alpha value is -3.35. The average Bonchev–Trinajstić information content (AvgIpc) is 2.79. The number of carboxylic acids is 2. The Morgan fingerprint density at radius 1 is 1.03 bits per heavy atom. The Balaban J connectivity index is 0.000000572. The summed E-state index contributed by atoms with van der Waals surface area (Å²) in [4.78, 5) is 27.2. The minimum absolute atomic E-state index is 0.00658. The molecule has 0 amide bonds. The van der Waals surface area contributed by atoms with E-state index in [2.05, 4.69) is 9.71 Å². The summed E-state index contributed by atoms with van der Waals surface area (Å²) < 4.78 is 59.5. The zero-order valence-corrected chi connectivity index (χ0v) is 20.4. The van der Waals surface area contributed by atoms with Crippen LogP contribution in [0.2, 0.25) is 0 Å². The molecule has 0 atom stereocenters. The van der Waals surface area contributed by atoms with Gasteiger partial charge in [0.2, 0.25) is 0 Å². The quantitative estimate of drug-likeness (QED) is 0.494. The fraction of sp³-hybridized carbons (Fsp3) is 0.435. The number of alkyl halides is 3. The minimum Gasteiger partial charge on any atom is -0.478 e. The molecular formula is C23H28F3N3O6S. The van der Waals surface area contributed by atoms with E-state index in [1.54, 1.807) is 24.3 Å². The third-order valence-corrected chi connectivity index (χ3v) is 6.79. The second-order valence-electron chi connectivity index (χ2n) is 8.06. The number of anilines is 2. The van der Waals surface area contributed by atoms with Crippen molar-refractivity contribution in [3.63, 3.8) is 0 Å². The van der Waals surface area contributed by atoms with E-state index < -0.39 is 28.1 Å². The first-order valence-electron chi connectivity index (χ1n) is 11.2. The number of aromatic carboxylic acids is 1. The zero-order valence-electron chi connectivity index (χ0n) is 19.6. The van der Waals surface area contributed by atoms with Crippen molar-refractivity contribution < 1.29 is 41.4 Å². The lowest BCUT2D eigenvalue weighted by molar-refractivity contribution is -0.192. The molecular weight excluding hydrogens is 503 g/mol. The van der Waals surface area contributed by atoms with Gasteiger partial charge in [0.15, 0.2) is 0 Å². The van der Waals surface area contributed by atoms with Crippen LogP contribution in [0.15, 0.2) is 41.4 Å². The van der Waals surface area contributed by atoms with Gasteiger partial charge in [-0.05, 0) is 43.0 Å². The maximum absolute atomic E-state index is 12.7. The summed E-state index contributed by atoms with van der Waals surface area (Å²) in [6.45, 7) is 3.50. The molecule has 0 saturated carbocycles. The van der Waals surface area contributed by atoms with E-state index in [0.717, 1.165) is 50.8 Å². The summed E-state index contributed by atoms with van der Waals surface area (Å²) in [5.41, 5.74) is 1.18. The Kier molecular flexibility index (Phi) is 10.1. The summed E-state index contributed by atoms with van der Waals surface area (Å²) in [5.74, 6) is -3.48. The van der Waals surface area contributed by atoms with Gasteiger partial charge in [-0.25, -0.2) is 23.0 Å².